The summed E-state index contributed by atoms with van der Waals surface area (Å²) in [5, 5.41) is 2.96. The molecule has 0 aliphatic heterocycles. The van der Waals surface area contributed by atoms with Gasteiger partial charge < -0.3 is 10.7 Å². The zero-order valence-corrected chi connectivity index (χ0v) is 16.2. The number of aromatic nitrogens is 2. The number of rotatable bonds is 4. The van der Waals surface area contributed by atoms with E-state index in [0.717, 1.165) is 24.0 Å². The molecule has 0 bridgehead atoms. The van der Waals surface area contributed by atoms with Crippen LogP contribution in [0.25, 0.3) is 21.3 Å². The summed E-state index contributed by atoms with van der Waals surface area (Å²) in [6, 6.07) is 6.44. The van der Waals surface area contributed by atoms with Crippen molar-refractivity contribution in [1.29, 1.82) is 0 Å². The minimum absolute atomic E-state index is 0.192. The molecular formula is C19H19FN4OS2. The fourth-order valence-corrected chi connectivity index (χ4v) is 4.91. The Morgan fingerprint density at radius 2 is 2.07 bits per heavy atom. The standard InChI is InChI=1S/C19H19FN4OS2/c20-12-7-5-11(6-8-12)14-9-26-18-16(14)17(25)23-15(24-18)10-27-19(21)22-13-3-1-2-4-13/h5-9,13H,1-4,10H2,(H2,21,22)(H,23,24,25). The molecule has 2 heterocycles. The van der Waals surface area contributed by atoms with Crippen LogP contribution in [0.2, 0.25) is 0 Å². The van der Waals surface area contributed by atoms with Crippen molar-refractivity contribution in [1.82, 2.24) is 9.97 Å². The van der Waals surface area contributed by atoms with Gasteiger partial charge in [0.05, 0.1) is 17.2 Å². The molecule has 3 N–H and O–H groups in total. The molecule has 0 radical (unpaired) electrons. The Morgan fingerprint density at radius 1 is 1.33 bits per heavy atom. The van der Waals surface area contributed by atoms with E-state index in [0.29, 0.717) is 33.0 Å². The Hall–Kier alpha value is -2.19. The summed E-state index contributed by atoms with van der Waals surface area (Å²) in [5.74, 6) is 0.743. The normalized spacial score (nSPS) is 15.7. The molecule has 1 aliphatic carbocycles. The number of amidine groups is 1. The number of thiophene rings is 1. The highest BCUT2D eigenvalue weighted by Gasteiger charge is 2.15. The lowest BCUT2D eigenvalue weighted by Crippen LogP contribution is -2.14. The predicted molar refractivity (Wildman–Crippen MR) is 111 cm³/mol. The summed E-state index contributed by atoms with van der Waals surface area (Å²) >= 11 is 2.80. The maximum Gasteiger partial charge on any atom is 0.260 e. The van der Waals surface area contributed by atoms with E-state index in [2.05, 4.69) is 15.0 Å². The molecule has 0 saturated heterocycles. The van der Waals surface area contributed by atoms with Crippen molar-refractivity contribution in [2.75, 3.05) is 0 Å². The van der Waals surface area contributed by atoms with Gasteiger partial charge in [0.25, 0.3) is 5.56 Å². The number of halogens is 1. The van der Waals surface area contributed by atoms with E-state index in [-0.39, 0.29) is 11.4 Å². The van der Waals surface area contributed by atoms with Gasteiger partial charge in [0, 0.05) is 10.9 Å². The SMILES string of the molecule is NC(=NC1CCCC1)SCc1nc2scc(-c3ccc(F)cc3)c2c(=O)[nH]1. The Bertz CT molecular complexity index is 1040. The van der Waals surface area contributed by atoms with Gasteiger partial charge in [0.15, 0.2) is 5.17 Å². The third-order valence-corrected chi connectivity index (χ3v) is 6.33. The molecule has 1 aliphatic rings. The van der Waals surface area contributed by atoms with Crippen molar-refractivity contribution in [2.45, 2.75) is 37.5 Å². The van der Waals surface area contributed by atoms with E-state index >= 15 is 0 Å². The van der Waals surface area contributed by atoms with E-state index in [9.17, 15) is 9.18 Å². The van der Waals surface area contributed by atoms with Crippen molar-refractivity contribution in [3.63, 3.8) is 0 Å². The highest BCUT2D eigenvalue weighted by Crippen LogP contribution is 2.31. The van der Waals surface area contributed by atoms with E-state index in [1.807, 2.05) is 5.38 Å². The minimum Gasteiger partial charge on any atom is -0.379 e. The van der Waals surface area contributed by atoms with Gasteiger partial charge in [-0.25, -0.2) is 9.37 Å². The van der Waals surface area contributed by atoms with Crippen LogP contribution in [0.15, 0.2) is 39.4 Å². The van der Waals surface area contributed by atoms with Gasteiger partial charge in [0.1, 0.15) is 16.5 Å². The van der Waals surface area contributed by atoms with Crippen LogP contribution in [0, 0.1) is 5.82 Å². The first-order chi connectivity index (χ1) is 13.1. The van der Waals surface area contributed by atoms with Gasteiger partial charge in [-0.15, -0.1) is 11.3 Å². The first-order valence-corrected chi connectivity index (χ1v) is 10.7. The Balaban J connectivity index is 1.56. The van der Waals surface area contributed by atoms with E-state index in [1.165, 1.54) is 48.1 Å². The molecule has 2 aromatic heterocycles. The van der Waals surface area contributed by atoms with E-state index < -0.39 is 0 Å². The molecule has 5 nitrogen and oxygen atoms in total. The zero-order valence-electron chi connectivity index (χ0n) is 14.6. The molecule has 1 aromatic carbocycles. The van der Waals surface area contributed by atoms with Crippen LogP contribution in [0.3, 0.4) is 0 Å². The molecule has 1 fully saturated rings. The Kier molecular flexibility index (Phi) is 5.27. The first kappa shape index (κ1) is 18.2. The molecule has 140 valence electrons. The maximum atomic E-state index is 13.2. The Morgan fingerprint density at radius 3 is 2.81 bits per heavy atom. The van der Waals surface area contributed by atoms with Gasteiger partial charge in [-0.3, -0.25) is 9.79 Å². The topological polar surface area (TPSA) is 84.1 Å². The highest BCUT2D eigenvalue weighted by molar-refractivity contribution is 8.13. The number of aromatic amines is 1. The number of aliphatic imine (C=N–C) groups is 1. The molecule has 0 spiro atoms. The quantitative estimate of drug-likeness (QED) is 0.504. The van der Waals surface area contributed by atoms with Gasteiger partial charge in [-0.05, 0) is 30.5 Å². The summed E-state index contributed by atoms with van der Waals surface area (Å²) in [6.07, 6.45) is 4.63. The number of fused-ring (bicyclic) bond motifs is 1. The molecule has 8 heteroatoms. The third kappa shape index (κ3) is 4.06. The molecule has 1 saturated carbocycles. The summed E-state index contributed by atoms with van der Waals surface area (Å²) < 4.78 is 13.2. The van der Waals surface area contributed by atoms with Crippen molar-refractivity contribution in [3.05, 3.63) is 51.6 Å². The van der Waals surface area contributed by atoms with Gasteiger partial charge >= 0.3 is 0 Å². The Labute approximate surface area is 163 Å². The van der Waals surface area contributed by atoms with Crippen LogP contribution >= 0.6 is 23.1 Å². The number of nitrogens with one attached hydrogen (secondary N) is 1. The third-order valence-electron chi connectivity index (χ3n) is 4.64. The number of nitrogens with zero attached hydrogens (tertiary/aromatic N) is 2. The number of nitrogens with two attached hydrogens (primary N) is 1. The van der Waals surface area contributed by atoms with E-state index in [4.69, 9.17) is 5.73 Å². The number of H-pyrrole nitrogens is 1. The maximum absolute atomic E-state index is 13.2. The average molecular weight is 403 g/mol. The lowest BCUT2D eigenvalue weighted by atomic mass is 10.1. The lowest BCUT2D eigenvalue weighted by Gasteiger charge is -2.05. The van der Waals surface area contributed by atoms with Crippen LogP contribution in [0.1, 0.15) is 31.5 Å². The van der Waals surface area contributed by atoms with Gasteiger partial charge in [-0.1, -0.05) is 36.7 Å². The summed E-state index contributed by atoms with van der Waals surface area (Å²) in [5.41, 5.74) is 7.38. The molecule has 0 unspecified atom stereocenters. The minimum atomic E-state index is -0.304. The molecule has 0 amide bonds. The monoisotopic (exact) mass is 402 g/mol. The highest BCUT2D eigenvalue weighted by atomic mass is 32.2. The van der Waals surface area contributed by atoms with Crippen LogP contribution < -0.4 is 11.3 Å². The fraction of sp³-hybridized carbons (Fsp3) is 0.316. The zero-order chi connectivity index (χ0) is 18.8. The van der Waals surface area contributed by atoms with Gasteiger partial charge in [0.2, 0.25) is 0 Å². The lowest BCUT2D eigenvalue weighted by molar-refractivity contribution is 0.628. The predicted octanol–water partition coefficient (Wildman–Crippen LogP) is 4.28. The molecule has 3 aromatic rings. The number of thioether (sulfide) groups is 1. The van der Waals surface area contributed by atoms with Crippen LogP contribution in [0.5, 0.6) is 0 Å². The number of benzene rings is 1. The molecular weight excluding hydrogens is 383 g/mol. The number of hydrogen-bond acceptors (Lipinski definition) is 5. The summed E-state index contributed by atoms with van der Waals surface area (Å²) in [4.78, 5) is 25.2. The van der Waals surface area contributed by atoms with Crippen molar-refractivity contribution in [3.8, 4) is 11.1 Å². The fourth-order valence-electron chi connectivity index (χ4n) is 3.30. The van der Waals surface area contributed by atoms with Crippen LogP contribution in [-0.2, 0) is 5.75 Å². The van der Waals surface area contributed by atoms with Crippen molar-refractivity contribution >= 4 is 38.5 Å². The average Bonchev–Trinajstić information content (AvgIpc) is 3.30. The van der Waals surface area contributed by atoms with Gasteiger partial charge in [-0.2, -0.15) is 0 Å². The summed E-state index contributed by atoms with van der Waals surface area (Å²) in [7, 11) is 0. The molecule has 27 heavy (non-hydrogen) atoms. The summed E-state index contributed by atoms with van der Waals surface area (Å²) in [6.45, 7) is 0. The van der Waals surface area contributed by atoms with Crippen LogP contribution in [-0.4, -0.2) is 21.2 Å². The molecule has 0 atom stereocenters. The molecule has 4 rings (SSSR count). The second-order valence-corrected chi connectivity index (χ2v) is 8.40. The largest absolute Gasteiger partial charge is 0.379 e. The van der Waals surface area contributed by atoms with Crippen LogP contribution in [0.4, 0.5) is 4.39 Å². The second kappa shape index (κ2) is 7.82. The number of hydrogen-bond donors (Lipinski definition) is 2. The van der Waals surface area contributed by atoms with Crippen molar-refractivity contribution < 1.29 is 4.39 Å². The van der Waals surface area contributed by atoms with E-state index in [1.54, 1.807) is 12.1 Å². The van der Waals surface area contributed by atoms with Crippen molar-refractivity contribution in [2.24, 2.45) is 10.7 Å². The second-order valence-electron chi connectivity index (χ2n) is 6.54. The smallest absolute Gasteiger partial charge is 0.260 e. The first-order valence-electron chi connectivity index (χ1n) is 8.82.